The van der Waals surface area contributed by atoms with Gasteiger partial charge in [0.1, 0.15) is 0 Å². The highest BCUT2D eigenvalue weighted by molar-refractivity contribution is 7.91. The zero-order valence-corrected chi connectivity index (χ0v) is 13.3. The number of fused-ring (bicyclic) bond motifs is 2. The van der Waals surface area contributed by atoms with Crippen molar-refractivity contribution in [3.63, 3.8) is 0 Å². The van der Waals surface area contributed by atoms with Gasteiger partial charge in [-0.1, -0.05) is 6.42 Å². The second-order valence-corrected chi connectivity index (χ2v) is 9.31. The van der Waals surface area contributed by atoms with Crippen molar-refractivity contribution in [2.24, 2.45) is 23.2 Å². The number of methoxy groups -OCH3 is 1. The Morgan fingerprint density at radius 1 is 1.25 bits per heavy atom. The average molecular weight is 301 g/mol. The Balaban J connectivity index is 1.71. The van der Waals surface area contributed by atoms with Crippen LogP contribution in [0.15, 0.2) is 0 Å². The molecular weight excluding hydrogens is 274 g/mol. The molecule has 0 aromatic carbocycles. The number of nitrogens with one attached hydrogen (secondary N) is 1. The summed E-state index contributed by atoms with van der Waals surface area (Å²) < 4.78 is 28.9. The summed E-state index contributed by atoms with van der Waals surface area (Å²) in [6, 6.07) is 0. The van der Waals surface area contributed by atoms with Crippen LogP contribution in [0.4, 0.5) is 0 Å². The van der Waals surface area contributed by atoms with Crippen molar-refractivity contribution >= 4 is 9.84 Å². The molecule has 0 spiro atoms. The maximum Gasteiger partial charge on any atom is 0.150 e. The molecule has 3 rings (SSSR count). The highest BCUT2D eigenvalue weighted by atomic mass is 32.2. The average Bonchev–Trinajstić information content (AvgIpc) is 3.09. The summed E-state index contributed by atoms with van der Waals surface area (Å²) in [6.07, 6.45) is 6.15. The highest BCUT2D eigenvalue weighted by Crippen LogP contribution is 2.60. The Kier molecular flexibility index (Phi) is 4.13. The minimum atomic E-state index is -2.78. The van der Waals surface area contributed by atoms with Gasteiger partial charge in [0.05, 0.1) is 18.1 Å². The topological polar surface area (TPSA) is 55.4 Å². The van der Waals surface area contributed by atoms with E-state index in [-0.39, 0.29) is 5.41 Å². The third-order valence-corrected chi connectivity index (χ3v) is 7.77. The highest BCUT2D eigenvalue weighted by Gasteiger charge is 2.56. The Hall–Kier alpha value is -0.130. The van der Waals surface area contributed by atoms with Gasteiger partial charge in [0, 0.05) is 20.2 Å². The molecular formula is C15H27NO3S. The quantitative estimate of drug-likeness (QED) is 0.755. The normalized spacial score (nSPS) is 42.4. The van der Waals surface area contributed by atoms with E-state index in [1.54, 1.807) is 7.11 Å². The molecule has 1 heterocycles. The maximum atomic E-state index is 11.9. The van der Waals surface area contributed by atoms with Crippen molar-refractivity contribution in [2.45, 2.75) is 32.1 Å². The summed E-state index contributed by atoms with van der Waals surface area (Å²) in [5.74, 6) is 2.84. The van der Waals surface area contributed by atoms with Gasteiger partial charge in [0.15, 0.2) is 9.84 Å². The molecule has 1 N–H and O–H groups in total. The second kappa shape index (κ2) is 5.58. The molecule has 4 atom stereocenters. The van der Waals surface area contributed by atoms with Crippen molar-refractivity contribution in [2.75, 3.05) is 38.3 Å². The fraction of sp³-hybridized carbons (Fsp3) is 1.00. The molecule has 2 saturated carbocycles. The van der Waals surface area contributed by atoms with E-state index in [2.05, 4.69) is 5.32 Å². The van der Waals surface area contributed by atoms with Crippen LogP contribution in [0.5, 0.6) is 0 Å². The molecule has 2 bridgehead atoms. The van der Waals surface area contributed by atoms with Crippen LogP contribution >= 0.6 is 0 Å². The fourth-order valence-electron chi connectivity index (χ4n) is 5.09. The summed E-state index contributed by atoms with van der Waals surface area (Å²) in [4.78, 5) is 0. The molecule has 0 amide bonds. The smallest absolute Gasteiger partial charge is 0.150 e. The molecule has 2 aliphatic carbocycles. The Morgan fingerprint density at radius 3 is 2.65 bits per heavy atom. The van der Waals surface area contributed by atoms with Gasteiger partial charge in [-0.3, -0.25) is 0 Å². The van der Waals surface area contributed by atoms with Gasteiger partial charge in [-0.2, -0.15) is 0 Å². The third kappa shape index (κ3) is 2.64. The van der Waals surface area contributed by atoms with Gasteiger partial charge in [0.2, 0.25) is 0 Å². The van der Waals surface area contributed by atoms with Crippen LogP contribution in [0.25, 0.3) is 0 Å². The van der Waals surface area contributed by atoms with Crippen LogP contribution in [0.2, 0.25) is 0 Å². The summed E-state index contributed by atoms with van der Waals surface area (Å²) in [6.45, 7) is 2.58. The minimum absolute atomic E-state index is 0.250. The molecule has 20 heavy (non-hydrogen) atoms. The van der Waals surface area contributed by atoms with Crippen molar-refractivity contribution in [1.29, 1.82) is 0 Å². The number of sulfone groups is 1. The van der Waals surface area contributed by atoms with Crippen LogP contribution in [-0.2, 0) is 14.6 Å². The molecule has 0 radical (unpaired) electrons. The molecule has 0 aromatic heterocycles. The minimum Gasteiger partial charge on any atom is -0.383 e. The first-order valence-corrected chi connectivity index (χ1v) is 9.78. The first-order valence-electron chi connectivity index (χ1n) is 7.96. The molecule has 3 aliphatic rings. The standard InChI is InChI=1S/C15H27NO3S/c1-19-6-5-16-11-15(9-12-2-3-13(15)8-12)14-4-7-20(17,18)10-14/h12-14,16H,2-11H2,1H3. The Bertz CT molecular complexity index is 450. The zero-order valence-electron chi connectivity index (χ0n) is 12.4. The molecule has 3 fully saturated rings. The van der Waals surface area contributed by atoms with Gasteiger partial charge in [-0.05, 0) is 48.9 Å². The molecule has 4 unspecified atom stereocenters. The van der Waals surface area contributed by atoms with Gasteiger partial charge in [-0.15, -0.1) is 0 Å². The van der Waals surface area contributed by atoms with Gasteiger partial charge in [0.25, 0.3) is 0 Å². The Morgan fingerprint density at radius 2 is 2.10 bits per heavy atom. The number of hydrogen-bond acceptors (Lipinski definition) is 4. The first-order chi connectivity index (χ1) is 9.56. The second-order valence-electron chi connectivity index (χ2n) is 7.08. The van der Waals surface area contributed by atoms with E-state index >= 15 is 0 Å². The largest absolute Gasteiger partial charge is 0.383 e. The lowest BCUT2D eigenvalue weighted by Gasteiger charge is -2.43. The lowest BCUT2D eigenvalue weighted by molar-refractivity contribution is 0.0829. The zero-order chi connectivity index (χ0) is 14.2. The van der Waals surface area contributed by atoms with Crippen molar-refractivity contribution < 1.29 is 13.2 Å². The van der Waals surface area contributed by atoms with E-state index in [0.29, 0.717) is 17.4 Å². The number of rotatable bonds is 6. The van der Waals surface area contributed by atoms with E-state index in [4.69, 9.17) is 4.74 Å². The summed E-state index contributed by atoms with van der Waals surface area (Å²) in [5, 5.41) is 3.54. The van der Waals surface area contributed by atoms with E-state index in [0.717, 1.165) is 38.0 Å². The van der Waals surface area contributed by atoms with Crippen molar-refractivity contribution in [3.05, 3.63) is 0 Å². The van der Waals surface area contributed by atoms with Crippen molar-refractivity contribution in [3.8, 4) is 0 Å². The molecule has 1 saturated heterocycles. The fourth-order valence-corrected chi connectivity index (χ4v) is 7.01. The SMILES string of the molecule is COCCNCC1(C2CCS(=O)(=O)C2)CC2CCC1C2. The molecule has 4 nitrogen and oxygen atoms in total. The van der Waals surface area contributed by atoms with E-state index in [1.165, 1.54) is 25.7 Å². The van der Waals surface area contributed by atoms with Crippen LogP contribution in [0.3, 0.4) is 0 Å². The lowest BCUT2D eigenvalue weighted by atomic mass is 9.64. The number of ether oxygens (including phenoxy) is 1. The number of hydrogen-bond donors (Lipinski definition) is 1. The molecule has 0 aromatic rings. The van der Waals surface area contributed by atoms with Crippen LogP contribution in [0, 0.1) is 23.2 Å². The summed E-state index contributed by atoms with van der Waals surface area (Å²) in [5.41, 5.74) is 0.250. The van der Waals surface area contributed by atoms with Crippen molar-refractivity contribution in [1.82, 2.24) is 5.32 Å². The summed E-state index contributed by atoms with van der Waals surface area (Å²) in [7, 11) is -1.05. The van der Waals surface area contributed by atoms with E-state index < -0.39 is 9.84 Å². The van der Waals surface area contributed by atoms with Gasteiger partial charge >= 0.3 is 0 Å². The Labute approximate surface area is 122 Å². The third-order valence-electron chi connectivity index (χ3n) is 6.01. The van der Waals surface area contributed by atoms with Gasteiger partial charge < -0.3 is 10.1 Å². The predicted molar refractivity (Wildman–Crippen MR) is 79.4 cm³/mol. The monoisotopic (exact) mass is 301 g/mol. The van der Waals surface area contributed by atoms with Crippen LogP contribution in [0.1, 0.15) is 32.1 Å². The van der Waals surface area contributed by atoms with E-state index in [9.17, 15) is 8.42 Å². The molecule has 116 valence electrons. The molecule has 1 aliphatic heterocycles. The van der Waals surface area contributed by atoms with Crippen LogP contribution < -0.4 is 5.32 Å². The maximum absolute atomic E-state index is 11.9. The lowest BCUT2D eigenvalue weighted by Crippen LogP contribution is -2.45. The van der Waals surface area contributed by atoms with Gasteiger partial charge in [-0.25, -0.2) is 8.42 Å². The summed E-state index contributed by atoms with van der Waals surface area (Å²) >= 11 is 0. The van der Waals surface area contributed by atoms with Crippen LogP contribution in [-0.4, -0.2) is 46.7 Å². The molecule has 5 heteroatoms. The first kappa shape index (κ1) is 14.8. The predicted octanol–water partition coefficient (Wildman–Crippen LogP) is 1.46. The van der Waals surface area contributed by atoms with E-state index in [1.807, 2.05) is 0 Å².